The minimum absolute atomic E-state index is 0.0695. The molecule has 58 heavy (non-hydrogen) atoms. The molecule has 3 nitrogen and oxygen atoms in total. The van der Waals surface area contributed by atoms with E-state index in [1.807, 2.05) is 24.3 Å². The zero-order valence-corrected chi connectivity index (χ0v) is 32.9. The third kappa shape index (κ3) is 4.71. The summed E-state index contributed by atoms with van der Waals surface area (Å²) in [6, 6.07) is 59.4. The van der Waals surface area contributed by atoms with Gasteiger partial charge in [-0.25, -0.2) is 4.98 Å². The van der Waals surface area contributed by atoms with Crippen LogP contribution in [-0.2, 0) is 10.8 Å². The largest absolute Gasteiger partial charge is 0.455 e. The smallest absolute Gasteiger partial charge is 0.227 e. The molecule has 10 aromatic rings. The molecule has 0 saturated heterocycles. The van der Waals surface area contributed by atoms with Gasteiger partial charge in [-0.2, -0.15) is 0 Å². The third-order valence-corrected chi connectivity index (χ3v) is 13.1. The van der Waals surface area contributed by atoms with Gasteiger partial charge >= 0.3 is 0 Å². The van der Waals surface area contributed by atoms with Crippen molar-refractivity contribution in [3.63, 3.8) is 0 Å². The normalized spacial score (nSPS) is 14.5. The van der Waals surface area contributed by atoms with Crippen LogP contribution < -0.4 is 0 Å². The Kier molecular flexibility index (Phi) is 6.74. The van der Waals surface area contributed by atoms with Crippen LogP contribution in [-0.4, -0.2) is 4.98 Å². The zero-order valence-electron chi connectivity index (χ0n) is 32.9. The predicted molar refractivity (Wildman–Crippen MR) is 238 cm³/mol. The molecule has 0 aliphatic heterocycles. The van der Waals surface area contributed by atoms with Gasteiger partial charge in [0.15, 0.2) is 5.58 Å². The van der Waals surface area contributed by atoms with Gasteiger partial charge in [-0.05, 0) is 133 Å². The lowest BCUT2D eigenvalue weighted by Gasteiger charge is -2.22. The number of aromatic nitrogens is 1. The van der Waals surface area contributed by atoms with Crippen LogP contribution in [0.5, 0.6) is 0 Å². The molecule has 2 heterocycles. The maximum atomic E-state index is 6.84. The molecule has 0 unspecified atom stereocenters. The fourth-order valence-corrected chi connectivity index (χ4v) is 9.99. The summed E-state index contributed by atoms with van der Waals surface area (Å²) in [4.78, 5) is 4.76. The minimum Gasteiger partial charge on any atom is -0.455 e. The number of fused-ring (bicyclic) bond motifs is 10. The first-order chi connectivity index (χ1) is 28.2. The Hall–Kier alpha value is -6.97. The van der Waals surface area contributed by atoms with Crippen molar-refractivity contribution in [3.05, 3.63) is 186 Å². The molecule has 276 valence electrons. The number of furan rings is 1. The Morgan fingerprint density at radius 3 is 1.55 bits per heavy atom. The number of hydrogen-bond acceptors (Lipinski definition) is 3. The minimum atomic E-state index is -0.0988. The van der Waals surface area contributed by atoms with Crippen molar-refractivity contribution in [1.82, 2.24) is 4.98 Å². The van der Waals surface area contributed by atoms with Crippen molar-refractivity contribution in [2.75, 3.05) is 0 Å². The van der Waals surface area contributed by atoms with Crippen LogP contribution in [0.1, 0.15) is 49.9 Å². The molecule has 2 aliphatic carbocycles. The highest BCUT2D eigenvalue weighted by Crippen LogP contribution is 2.52. The fourth-order valence-electron chi connectivity index (χ4n) is 9.99. The number of hydrogen-bond donors (Lipinski definition) is 0. The van der Waals surface area contributed by atoms with Crippen LogP contribution in [0.4, 0.5) is 0 Å². The molecule has 2 aromatic heterocycles. The first kappa shape index (κ1) is 33.2. The van der Waals surface area contributed by atoms with Gasteiger partial charge in [-0.1, -0.05) is 131 Å². The summed E-state index contributed by atoms with van der Waals surface area (Å²) in [6.45, 7) is 9.38. The first-order valence-corrected chi connectivity index (χ1v) is 20.2. The van der Waals surface area contributed by atoms with E-state index in [1.165, 1.54) is 61.2 Å². The standard InChI is InChI=1S/C55H39NO2/c1-54(2)45-13-7-5-11-38(45)40-24-21-35(30-47(40)54)34-23-26-50-43(27-34)44-29-37(36-22-25-41-39-12-6-8-14-46(39)55(3,4)48(41)31-36)28-42(52(44)57-50)32-17-19-33(20-18-32)53-56-49-15-9-10-16-51(49)58-53/h5-31H,1-4H3. The lowest BCUT2D eigenvalue weighted by Crippen LogP contribution is -2.14. The summed E-state index contributed by atoms with van der Waals surface area (Å²) in [5.41, 5.74) is 21.8. The maximum Gasteiger partial charge on any atom is 0.227 e. The monoisotopic (exact) mass is 745 g/mol. The summed E-state index contributed by atoms with van der Waals surface area (Å²) in [5.74, 6) is 0.614. The molecule has 0 radical (unpaired) electrons. The van der Waals surface area contributed by atoms with E-state index in [0.29, 0.717) is 5.89 Å². The molecule has 0 saturated carbocycles. The summed E-state index contributed by atoms with van der Waals surface area (Å²) < 4.78 is 13.0. The second-order valence-electron chi connectivity index (χ2n) is 17.1. The Morgan fingerprint density at radius 1 is 0.362 bits per heavy atom. The van der Waals surface area contributed by atoms with Crippen molar-refractivity contribution < 1.29 is 8.83 Å². The first-order valence-electron chi connectivity index (χ1n) is 20.2. The summed E-state index contributed by atoms with van der Waals surface area (Å²) in [5, 5.41) is 2.21. The van der Waals surface area contributed by atoms with Crippen LogP contribution in [0.3, 0.4) is 0 Å². The van der Waals surface area contributed by atoms with Gasteiger partial charge in [0, 0.05) is 32.7 Å². The molecule has 0 amide bonds. The molecule has 0 N–H and O–H groups in total. The van der Waals surface area contributed by atoms with Crippen LogP contribution in [0.25, 0.3) is 100 Å². The van der Waals surface area contributed by atoms with Crippen molar-refractivity contribution in [1.29, 1.82) is 0 Å². The van der Waals surface area contributed by atoms with Gasteiger partial charge in [0.1, 0.15) is 16.7 Å². The molecular formula is C55H39NO2. The van der Waals surface area contributed by atoms with Gasteiger partial charge in [0.05, 0.1) is 0 Å². The molecule has 12 rings (SSSR count). The quantitative estimate of drug-likeness (QED) is 0.180. The zero-order chi connectivity index (χ0) is 38.9. The van der Waals surface area contributed by atoms with E-state index in [2.05, 4.69) is 167 Å². The molecule has 3 heteroatoms. The van der Waals surface area contributed by atoms with Crippen molar-refractivity contribution in [2.24, 2.45) is 0 Å². The van der Waals surface area contributed by atoms with E-state index >= 15 is 0 Å². The van der Waals surface area contributed by atoms with E-state index in [0.717, 1.165) is 55.3 Å². The highest BCUT2D eigenvalue weighted by Gasteiger charge is 2.36. The highest BCUT2D eigenvalue weighted by atomic mass is 16.3. The van der Waals surface area contributed by atoms with Crippen LogP contribution in [0.15, 0.2) is 173 Å². The molecule has 0 bridgehead atoms. The lowest BCUT2D eigenvalue weighted by molar-refractivity contribution is 0.620. The molecule has 0 spiro atoms. The number of nitrogens with zero attached hydrogens (tertiary/aromatic N) is 1. The molecule has 8 aromatic carbocycles. The lowest BCUT2D eigenvalue weighted by atomic mass is 9.81. The van der Waals surface area contributed by atoms with Crippen molar-refractivity contribution in [2.45, 2.75) is 38.5 Å². The number of para-hydroxylation sites is 2. The van der Waals surface area contributed by atoms with Gasteiger partial charge in [0.2, 0.25) is 5.89 Å². The van der Waals surface area contributed by atoms with Crippen molar-refractivity contribution >= 4 is 33.0 Å². The van der Waals surface area contributed by atoms with Crippen LogP contribution in [0.2, 0.25) is 0 Å². The van der Waals surface area contributed by atoms with Gasteiger partial charge in [-0.15, -0.1) is 0 Å². The van der Waals surface area contributed by atoms with E-state index in [4.69, 9.17) is 13.8 Å². The number of benzene rings is 8. The summed E-state index contributed by atoms with van der Waals surface area (Å²) in [6.07, 6.45) is 0. The predicted octanol–water partition coefficient (Wildman–Crippen LogP) is 15.0. The van der Waals surface area contributed by atoms with E-state index in [9.17, 15) is 0 Å². The van der Waals surface area contributed by atoms with Crippen LogP contribution in [0, 0.1) is 0 Å². The molecule has 0 atom stereocenters. The fraction of sp³-hybridized carbons (Fsp3) is 0.109. The second-order valence-corrected chi connectivity index (χ2v) is 17.1. The van der Waals surface area contributed by atoms with Gasteiger partial charge in [-0.3, -0.25) is 0 Å². The van der Waals surface area contributed by atoms with E-state index < -0.39 is 0 Å². The SMILES string of the molecule is CC1(C)c2ccccc2-c2ccc(-c3ccc4oc5c(-c6ccc(-c7nc8ccccc8o7)cc6)cc(-c6ccc7c(c6)C(C)(C)c6ccccc6-7)cc5c4c3)cc21. The second kappa shape index (κ2) is 11.8. The number of rotatable bonds is 4. The Balaban J connectivity index is 1.03. The Bertz CT molecular complexity index is 3300. The average molecular weight is 746 g/mol. The topological polar surface area (TPSA) is 39.2 Å². The average Bonchev–Trinajstić information content (AvgIpc) is 3.98. The van der Waals surface area contributed by atoms with Gasteiger partial charge < -0.3 is 8.83 Å². The summed E-state index contributed by atoms with van der Waals surface area (Å²) >= 11 is 0. The Labute approximate surface area is 337 Å². The summed E-state index contributed by atoms with van der Waals surface area (Å²) in [7, 11) is 0. The molecular weight excluding hydrogens is 707 g/mol. The van der Waals surface area contributed by atoms with Crippen molar-refractivity contribution in [3.8, 4) is 67.1 Å². The van der Waals surface area contributed by atoms with Gasteiger partial charge in [0.25, 0.3) is 0 Å². The van der Waals surface area contributed by atoms with Crippen LogP contribution >= 0.6 is 0 Å². The van der Waals surface area contributed by atoms with E-state index in [1.54, 1.807) is 0 Å². The highest BCUT2D eigenvalue weighted by molar-refractivity contribution is 6.12. The Morgan fingerprint density at radius 2 is 0.879 bits per heavy atom. The number of oxazole rings is 1. The third-order valence-electron chi connectivity index (χ3n) is 13.1. The molecule has 2 aliphatic rings. The maximum absolute atomic E-state index is 6.84. The van der Waals surface area contributed by atoms with E-state index in [-0.39, 0.29) is 10.8 Å². The molecule has 0 fully saturated rings.